The predicted octanol–water partition coefficient (Wildman–Crippen LogP) is 12.5. The molecule has 0 aromatic heterocycles. The summed E-state index contributed by atoms with van der Waals surface area (Å²) in [6.07, 6.45) is 23.9. The molecule has 0 saturated heterocycles. The van der Waals surface area contributed by atoms with Crippen molar-refractivity contribution in [1.82, 2.24) is 0 Å². The summed E-state index contributed by atoms with van der Waals surface area (Å²) in [5.41, 5.74) is 2.93. The van der Waals surface area contributed by atoms with Crippen LogP contribution in [0.1, 0.15) is 152 Å². The van der Waals surface area contributed by atoms with E-state index in [1.54, 1.807) is 5.57 Å². The lowest BCUT2D eigenvalue weighted by Gasteiger charge is -2.45. The molecule has 7 atom stereocenters. The maximum Gasteiger partial charge on any atom is 0.192 e. The summed E-state index contributed by atoms with van der Waals surface area (Å²) in [4.78, 5) is 13.0. The first-order chi connectivity index (χ1) is 23.1. The average molecular weight is 727 g/mol. The van der Waals surface area contributed by atoms with Crippen LogP contribution >= 0.6 is 0 Å². The van der Waals surface area contributed by atoms with E-state index in [0.29, 0.717) is 24.2 Å². The van der Waals surface area contributed by atoms with Crippen LogP contribution in [-0.4, -0.2) is 45.8 Å². The molecule has 4 nitrogen and oxygen atoms in total. The van der Waals surface area contributed by atoms with Crippen molar-refractivity contribution >= 4 is 22.4 Å². The van der Waals surface area contributed by atoms with Gasteiger partial charge in [-0.3, -0.25) is 4.79 Å². The molecule has 0 amide bonds. The van der Waals surface area contributed by atoms with E-state index in [9.17, 15) is 9.90 Å². The Morgan fingerprint density at radius 3 is 2.00 bits per heavy atom. The highest BCUT2D eigenvalue weighted by molar-refractivity contribution is 6.74. The van der Waals surface area contributed by atoms with Gasteiger partial charge in [0.1, 0.15) is 5.78 Å². The summed E-state index contributed by atoms with van der Waals surface area (Å²) in [5.74, 6) is 1.90. The molecule has 0 heterocycles. The fourth-order valence-corrected chi connectivity index (χ4v) is 12.0. The van der Waals surface area contributed by atoms with Crippen LogP contribution < -0.4 is 0 Å². The Labute approximate surface area is 311 Å². The Morgan fingerprint density at radius 1 is 0.900 bits per heavy atom. The van der Waals surface area contributed by atoms with E-state index >= 15 is 0 Å². The normalized spacial score (nSPS) is 31.2. The molecule has 1 N–H and O–H groups in total. The Balaban J connectivity index is 1.49. The number of hydrogen-bond donors (Lipinski definition) is 1. The molecule has 0 spiro atoms. The van der Waals surface area contributed by atoms with Crippen molar-refractivity contribution in [1.29, 1.82) is 0 Å². The highest BCUT2D eigenvalue weighted by Gasteiger charge is 2.54. The number of ketones is 1. The van der Waals surface area contributed by atoms with Crippen molar-refractivity contribution in [3.8, 4) is 0 Å². The minimum atomic E-state index is -1.91. The molecule has 4 aliphatic carbocycles. The molecule has 6 heteroatoms. The summed E-state index contributed by atoms with van der Waals surface area (Å²) in [7, 11) is -3.81. The third-order valence-corrected chi connectivity index (χ3v) is 23.8. The van der Waals surface area contributed by atoms with Crippen LogP contribution in [0.25, 0.3) is 0 Å². The summed E-state index contributed by atoms with van der Waals surface area (Å²) >= 11 is 0. The second-order valence-corrected chi connectivity index (χ2v) is 30.0. The molecule has 0 aromatic carbocycles. The number of fused-ring (bicyclic) bond motifs is 1. The number of aliphatic hydroxyl groups excluding tert-OH is 1. The number of rotatable bonds is 14. The Kier molecular flexibility index (Phi) is 13.3. The molecule has 0 aromatic rings. The Hall–Kier alpha value is -0.796. The summed E-state index contributed by atoms with van der Waals surface area (Å²) in [5, 5.41) is 11.6. The summed E-state index contributed by atoms with van der Waals surface area (Å²) in [6, 6.07) is 0. The molecule has 0 bridgehead atoms. The van der Waals surface area contributed by atoms with E-state index in [2.05, 4.69) is 107 Å². The minimum absolute atomic E-state index is 0.188. The van der Waals surface area contributed by atoms with E-state index in [0.717, 1.165) is 51.4 Å². The van der Waals surface area contributed by atoms with Gasteiger partial charge >= 0.3 is 0 Å². The molecule has 4 rings (SSSR count). The fourth-order valence-electron chi connectivity index (χ4n) is 9.26. The lowest BCUT2D eigenvalue weighted by Crippen LogP contribution is -2.48. The first-order valence-corrected chi connectivity index (χ1v) is 26.5. The predicted molar refractivity (Wildman–Crippen MR) is 217 cm³/mol. The zero-order chi connectivity index (χ0) is 37.3. The van der Waals surface area contributed by atoms with Gasteiger partial charge in [-0.25, -0.2) is 0 Å². The molecule has 286 valence electrons. The van der Waals surface area contributed by atoms with Gasteiger partial charge in [0.15, 0.2) is 16.6 Å². The second-order valence-electron chi connectivity index (χ2n) is 20.5. The molecule has 4 saturated carbocycles. The van der Waals surface area contributed by atoms with Gasteiger partial charge in [-0.15, -0.1) is 0 Å². The van der Waals surface area contributed by atoms with Gasteiger partial charge in [0.05, 0.1) is 23.7 Å². The van der Waals surface area contributed by atoms with Crippen molar-refractivity contribution in [3.05, 3.63) is 35.5 Å². The Bertz CT molecular complexity index is 1220. The number of carbonyl (C=O) groups is 1. The van der Waals surface area contributed by atoms with Crippen LogP contribution in [0.2, 0.25) is 36.3 Å². The van der Waals surface area contributed by atoms with Crippen molar-refractivity contribution in [2.75, 3.05) is 0 Å². The SMILES string of the molecule is CCCCCC(=O)C1([C@H](O)C=C[C@@H](C)[C@H]2CC[C@H]3C(=CC=C4C[C@@H](O[Si](C)(C)C(C)(C)C)C[C@H](O[Si](C)(C)C(C)(C)C)C4)CCC[C@]23C)CC1. The monoisotopic (exact) mass is 727 g/mol. The molecule has 4 aliphatic rings. The quantitative estimate of drug-likeness (QED) is 0.110. The van der Waals surface area contributed by atoms with Crippen LogP contribution in [-0.2, 0) is 13.6 Å². The van der Waals surface area contributed by atoms with Crippen molar-refractivity contribution in [2.24, 2.45) is 28.6 Å². The van der Waals surface area contributed by atoms with Crippen molar-refractivity contribution in [2.45, 2.75) is 207 Å². The zero-order valence-electron chi connectivity index (χ0n) is 34.8. The van der Waals surface area contributed by atoms with Crippen LogP contribution in [0.4, 0.5) is 0 Å². The van der Waals surface area contributed by atoms with E-state index in [1.165, 1.54) is 37.7 Å². The number of hydrogen-bond acceptors (Lipinski definition) is 4. The zero-order valence-corrected chi connectivity index (χ0v) is 36.8. The standard InChI is InChI=1S/C44H78O4Si2/c1-14-15-16-19-39(45)44(27-28-44)40(46)25-20-32(2)37-23-24-38-34(18-17-26-43(37,38)9)22-21-33-29-35(47-49(10,11)41(3,4)5)31-36(30-33)48-50(12,13)42(6,7)8/h20-22,25,32,35-38,40,46H,14-19,23-24,26-31H2,1-13H3/t32-,35-,36-,37-,38+,40-,43-/m1/s1. The van der Waals surface area contributed by atoms with Gasteiger partial charge in [0.2, 0.25) is 0 Å². The van der Waals surface area contributed by atoms with E-state index in [4.69, 9.17) is 8.85 Å². The van der Waals surface area contributed by atoms with Gasteiger partial charge in [0, 0.05) is 6.42 Å². The van der Waals surface area contributed by atoms with Gasteiger partial charge in [0.25, 0.3) is 0 Å². The lowest BCUT2D eigenvalue weighted by atomic mass is 9.61. The van der Waals surface area contributed by atoms with Crippen LogP contribution in [0.5, 0.6) is 0 Å². The lowest BCUT2D eigenvalue weighted by molar-refractivity contribution is -0.127. The first-order valence-electron chi connectivity index (χ1n) is 20.7. The van der Waals surface area contributed by atoms with E-state index in [1.807, 2.05) is 6.08 Å². The van der Waals surface area contributed by atoms with Gasteiger partial charge in [-0.2, -0.15) is 0 Å². The molecule has 0 unspecified atom stereocenters. The van der Waals surface area contributed by atoms with E-state index < -0.39 is 28.2 Å². The van der Waals surface area contributed by atoms with Gasteiger partial charge in [-0.05, 0) is 130 Å². The summed E-state index contributed by atoms with van der Waals surface area (Å²) < 4.78 is 14.2. The van der Waals surface area contributed by atoms with Gasteiger partial charge in [-0.1, -0.05) is 111 Å². The van der Waals surface area contributed by atoms with Gasteiger partial charge < -0.3 is 14.0 Å². The number of allylic oxidation sites excluding steroid dienone is 4. The summed E-state index contributed by atoms with van der Waals surface area (Å²) in [6.45, 7) is 30.8. The third kappa shape index (κ3) is 9.46. The van der Waals surface area contributed by atoms with E-state index in [-0.39, 0.29) is 33.5 Å². The number of Topliss-reactive ketones (excluding diaryl/α,β-unsaturated/α-hetero) is 1. The smallest absolute Gasteiger partial charge is 0.192 e. The minimum Gasteiger partial charge on any atom is -0.414 e. The highest BCUT2D eigenvalue weighted by Crippen LogP contribution is 2.60. The molecule has 0 aliphatic heterocycles. The van der Waals surface area contributed by atoms with Crippen LogP contribution in [0, 0.1) is 28.6 Å². The van der Waals surface area contributed by atoms with Crippen LogP contribution in [0.3, 0.4) is 0 Å². The number of aliphatic hydroxyl groups is 1. The highest BCUT2D eigenvalue weighted by atomic mass is 28.4. The number of carbonyl (C=O) groups excluding carboxylic acids is 1. The molecule has 4 fully saturated rings. The molecular formula is C44H78O4Si2. The second kappa shape index (κ2) is 15.9. The molecule has 0 radical (unpaired) electrons. The van der Waals surface area contributed by atoms with Crippen molar-refractivity contribution in [3.63, 3.8) is 0 Å². The fraction of sp³-hybridized carbons (Fsp3) is 0.841. The average Bonchev–Trinajstić information content (AvgIpc) is 3.73. The maximum atomic E-state index is 13.0. The topological polar surface area (TPSA) is 55.8 Å². The molecular weight excluding hydrogens is 649 g/mol. The largest absolute Gasteiger partial charge is 0.414 e. The maximum absolute atomic E-state index is 13.0. The van der Waals surface area contributed by atoms with Crippen LogP contribution in [0.15, 0.2) is 35.5 Å². The first kappa shape index (κ1) is 42.0. The van der Waals surface area contributed by atoms with Crippen molar-refractivity contribution < 1.29 is 18.8 Å². The Morgan fingerprint density at radius 2 is 1.48 bits per heavy atom. The molecule has 50 heavy (non-hydrogen) atoms. The number of unbranched alkanes of at least 4 members (excludes halogenated alkanes) is 2. The third-order valence-electron chi connectivity index (χ3n) is 14.8.